The van der Waals surface area contributed by atoms with Crippen LogP contribution in [0.5, 0.6) is 0 Å². The van der Waals surface area contributed by atoms with E-state index in [0.29, 0.717) is 6.42 Å². The van der Waals surface area contributed by atoms with Gasteiger partial charge in [-0.2, -0.15) is 21.6 Å². The Balaban J connectivity index is 3.96. The molecule has 0 fully saturated rings. The summed E-state index contributed by atoms with van der Waals surface area (Å²) in [4.78, 5) is 0. The fourth-order valence-corrected chi connectivity index (χ4v) is 1.66. The molecule has 0 saturated carbocycles. The topological polar surface area (TPSA) is 43.4 Å². The minimum absolute atomic E-state index is 0.124. The highest BCUT2D eigenvalue weighted by molar-refractivity contribution is 7.87. The minimum atomic E-state index is -5.54. The van der Waals surface area contributed by atoms with Crippen molar-refractivity contribution in [3.05, 3.63) is 12.3 Å². The molecule has 17 heavy (non-hydrogen) atoms. The van der Waals surface area contributed by atoms with Crippen LogP contribution < -0.4 is 0 Å². The van der Waals surface area contributed by atoms with Gasteiger partial charge in [-0.15, -0.1) is 0 Å². The van der Waals surface area contributed by atoms with Crippen LogP contribution in [0.3, 0.4) is 0 Å². The maximum absolute atomic E-state index is 11.9. The van der Waals surface area contributed by atoms with E-state index in [2.05, 4.69) is 10.8 Å². The number of rotatable bonds is 8. The lowest BCUT2D eigenvalue weighted by molar-refractivity contribution is -0.0523. The van der Waals surface area contributed by atoms with Crippen LogP contribution in [0.1, 0.15) is 45.4 Å². The molecule has 0 aliphatic carbocycles. The van der Waals surface area contributed by atoms with E-state index in [4.69, 9.17) is 0 Å². The molecular formula is C10H17F3O3S. The highest BCUT2D eigenvalue weighted by Crippen LogP contribution is 2.27. The fraction of sp³-hybridized carbons (Fsp3) is 0.800. The Morgan fingerprint density at radius 1 is 1.18 bits per heavy atom. The molecule has 0 spiro atoms. The van der Waals surface area contributed by atoms with Gasteiger partial charge in [0.1, 0.15) is 5.76 Å². The summed E-state index contributed by atoms with van der Waals surface area (Å²) in [5, 5.41) is 0. The third-order valence-corrected chi connectivity index (χ3v) is 3.09. The molecule has 0 aromatic carbocycles. The Morgan fingerprint density at radius 3 is 2.18 bits per heavy atom. The zero-order chi connectivity index (χ0) is 13.5. The summed E-state index contributed by atoms with van der Waals surface area (Å²) in [6, 6.07) is 0. The minimum Gasteiger partial charge on any atom is -0.381 e. The fourth-order valence-electron chi connectivity index (χ4n) is 1.17. The molecule has 0 unspecified atom stereocenters. The summed E-state index contributed by atoms with van der Waals surface area (Å²) in [5.41, 5.74) is -5.39. The second kappa shape index (κ2) is 6.88. The standard InChI is InChI=1S/C10H17F3O3S/c1-3-4-5-6-7-8-9(2)16-17(14,15)10(11,12)13/h2-8H2,1H3. The van der Waals surface area contributed by atoms with E-state index in [1.807, 2.05) is 6.92 Å². The largest absolute Gasteiger partial charge is 0.534 e. The van der Waals surface area contributed by atoms with Crippen molar-refractivity contribution in [2.45, 2.75) is 51.0 Å². The summed E-state index contributed by atoms with van der Waals surface area (Å²) >= 11 is 0. The molecule has 0 amide bonds. The average molecular weight is 274 g/mol. The smallest absolute Gasteiger partial charge is 0.381 e. The molecule has 0 aromatic heterocycles. The van der Waals surface area contributed by atoms with E-state index in [1.54, 1.807) is 0 Å². The summed E-state index contributed by atoms with van der Waals surface area (Å²) in [5.74, 6) is -0.362. The van der Waals surface area contributed by atoms with Gasteiger partial charge in [0, 0.05) is 6.42 Å². The van der Waals surface area contributed by atoms with E-state index < -0.39 is 15.6 Å². The summed E-state index contributed by atoms with van der Waals surface area (Å²) in [7, 11) is -5.54. The molecule has 3 nitrogen and oxygen atoms in total. The van der Waals surface area contributed by atoms with Crippen LogP contribution in [0.25, 0.3) is 0 Å². The van der Waals surface area contributed by atoms with Gasteiger partial charge in [0.05, 0.1) is 0 Å². The molecule has 7 heteroatoms. The third kappa shape index (κ3) is 6.55. The number of allylic oxidation sites excluding steroid dienone is 1. The SMILES string of the molecule is C=C(CCCCCCC)OS(=O)(=O)C(F)(F)F. The Bertz CT molecular complexity index is 333. The zero-order valence-electron chi connectivity index (χ0n) is 9.72. The van der Waals surface area contributed by atoms with Gasteiger partial charge in [0.25, 0.3) is 0 Å². The third-order valence-electron chi connectivity index (χ3n) is 2.07. The molecule has 0 bridgehead atoms. The number of alkyl halides is 3. The lowest BCUT2D eigenvalue weighted by atomic mass is 10.1. The van der Waals surface area contributed by atoms with Gasteiger partial charge in [-0.1, -0.05) is 39.2 Å². The monoisotopic (exact) mass is 274 g/mol. The van der Waals surface area contributed by atoms with E-state index in [9.17, 15) is 21.6 Å². The lowest BCUT2D eigenvalue weighted by Crippen LogP contribution is -2.25. The molecule has 0 saturated heterocycles. The molecule has 0 radical (unpaired) electrons. The van der Waals surface area contributed by atoms with Crippen molar-refractivity contribution in [2.75, 3.05) is 0 Å². The maximum atomic E-state index is 11.9. The van der Waals surface area contributed by atoms with Crippen molar-refractivity contribution >= 4 is 10.1 Å². The average Bonchev–Trinajstić information content (AvgIpc) is 2.14. The van der Waals surface area contributed by atoms with Gasteiger partial charge >= 0.3 is 15.6 Å². The maximum Gasteiger partial charge on any atom is 0.534 e. The normalized spacial score (nSPS) is 12.5. The van der Waals surface area contributed by atoms with E-state index in [-0.39, 0.29) is 12.2 Å². The first-order valence-electron chi connectivity index (χ1n) is 5.39. The van der Waals surface area contributed by atoms with Crippen LogP contribution in [0.4, 0.5) is 13.2 Å². The molecule has 0 N–H and O–H groups in total. The lowest BCUT2D eigenvalue weighted by Gasteiger charge is -2.11. The summed E-state index contributed by atoms with van der Waals surface area (Å²) in [6.07, 6.45) is 4.59. The Morgan fingerprint density at radius 2 is 1.71 bits per heavy atom. The predicted molar refractivity (Wildman–Crippen MR) is 58.6 cm³/mol. The van der Waals surface area contributed by atoms with Gasteiger partial charge in [-0.25, -0.2) is 0 Å². The molecule has 102 valence electrons. The van der Waals surface area contributed by atoms with Crippen molar-refractivity contribution in [3.8, 4) is 0 Å². The Kier molecular flexibility index (Phi) is 6.59. The highest BCUT2D eigenvalue weighted by atomic mass is 32.2. The van der Waals surface area contributed by atoms with Gasteiger partial charge in [-0.3, -0.25) is 0 Å². The number of unbranched alkanes of at least 4 members (excludes halogenated alkanes) is 4. The molecule has 0 rings (SSSR count). The summed E-state index contributed by atoms with van der Waals surface area (Å²) in [6.45, 7) is 5.21. The van der Waals surface area contributed by atoms with Gasteiger partial charge in [0.2, 0.25) is 0 Å². The van der Waals surface area contributed by atoms with Gasteiger partial charge < -0.3 is 4.18 Å². The summed E-state index contributed by atoms with van der Waals surface area (Å²) < 4.78 is 60.8. The van der Waals surface area contributed by atoms with Crippen LogP contribution in [0.2, 0.25) is 0 Å². The highest BCUT2D eigenvalue weighted by Gasteiger charge is 2.48. The Hall–Kier alpha value is -0.720. The van der Waals surface area contributed by atoms with Crippen LogP contribution >= 0.6 is 0 Å². The number of halogens is 3. The first-order chi connectivity index (χ1) is 7.70. The number of hydrogen-bond acceptors (Lipinski definition) is 3. The Labute approximate surface area is 99.8 Å². The van der Waals surface area contributed by atoms with Crippen LogP contribution in [0, 0.1) is 0 Å². The van der Waals surface area contributed by atoms with Gasteiger partial charge in [-0.05, 0) is 6.42 Å². The molecule has 0 aliphatic heterocycles. The van der Waals surface area contributed by atoms with E-state index in [1.165, 1.54) is 0 Å². The molecule has 0 heterocycles. The van der Waals surface area contributed by atoms with Crippen molar-refractivity contribution < 1.29 is 25.8 Å². The van der Waals surface area contributed by atoms with Crippen molar-refractivity contribution in [2.24, 2.45) is 0 Å². The van der Waals surface area contributed by atoms with Crippen LogP contribution in [0.15, 0.2) is 12.3 Å². The first kappa shape index (κ1) is 16.3. The van der Waals surface area contributed by atoms with Crippen molar-refractivity contribution in [1.29, 1.82) is 0 Å². The predicted octanol–water partition coefficient (Wildman–Crippen LogP) is 3.73. The van der Waals surface area contributed by atoms with E-state index >= 15 is 0 Å². The second-order valence-corrected chi connectivity index (χ2v) is 5.22. The van der Waals surface area contributed by atoms with Crippen molar-refractivity contribution in [3.63, 3.8) is 0 Å². The van der Waals surface area contributed by atoms with Gasteiger partial charge in [0.15, 0.2) is 0 Å². The zero-order valence-corrected chi connectivity index (χ0v) is 10.5. The molecule has 0 atom stereocenters. The van der Waals surface area contributed by atoms with Crippen LogP contribution in [-0.2, 0) is 14.3 Å². The van der Waals surface area contributed by atoms with E-state index in [0.717, 1.165) is 25.7 Å². The van der Waals surface area contributed by atoms with Crippen molar-refractivity contribution in [1.82, 2.24) is 0 Å². The molecule has 0 aliphatic rings. The second-order valence-electron chi connectivity index (χ2n) is 3.69. The number of hydrogen-bond donors (Lipinski definition) is 0. The van der Waals surface area contributed by atoms with Crippen LogP contribution in [-0.4, -0.2) is 13.9 Å². The quantitative estimate of drug-likeness (QED) is 0.293. The molecule has 0 aromatic rings. The molecular weight excluding hydrogens is 257 g/mol. The first-order valence-corrected chi connectivity index (χ1v) is 6.80.